The number of carbonyl (C=O) groups excluding carboxylic acids is 1. The van der Waals surface area contributed by atoms with Gasteiger partial charge in [0.25, 0.3) is 5.78 Å². The molecule has 2 aromatic heterocycles. The van der Waals surface area contributed by atoms with Crippen LogP contribution in [0.2, 0.25) is 0 Å². The molecule has 0 unspecified atom stereocenters. The first kappa shape index (κ1) is 15.5. The monoisotopic (exact) mass is 328 g/mol. The highest BCUT2D eigenvalue weighted by atomic mass is 32.2. The molecule has 0 aliphatic heterocycles. The van der Waals surface area contributed by atoms with Gasteiger partial charge in [0.1, 0.15) is 5.75 Å². The number of ether oxygens (including phenoxy) is 1. The van der Waals surface area contributed by atoms with E-state index in [1.807, 2.05) is 6.92 Å². The third kappa shape index (κ3) is 3.34. The van der Waals surface area contributed by atoms with E-state index in [-0.39, 0.29) is 11.0 Å². The van der Waals surface area contributed by atoms with Crippen LogP contribution in [0.25, 0.3) is 5.78 Å². The summed E-state index contributed by atoms with van der Waals surface area (Å²) in [6.07, 6.45) is 4.14. The van der Waals surface area contributed by atoms with Crippen molar-refractivity contribution in [2.24, 2.45) is 0 Å². The van der Waals surface area contributed by atoms with E-state index in [0.29, 0.717) is 22.9 Å². The Labute approximate surface area is 137 Å². The molecule has 1 atom stereocenters. The molecule has 0 spiro atoms. The largest absolute Gasteiger partial charge is 0.497 e. The summed E-state index contributed by atoms with van der Waals surface area (Å²) in [5, 5.41) is 4.66. The van der Waals surface area contributed by atoms with Crippen molar-refractivity contribution in [3.05, 3.63) is 48.3 Å². The summed E-state index contributed by atoms with van der Waals surface area (Å²) in [7, 11) is 1.60. The van der Waals surface area contributed by atoms with Crippen LogP contribution in [0, 0.1) is 0 Å². The Morgan fingerprint density at radius 2 is 2.13 bits per heavy atom. The second-order valence-corrected chi connectivity index (χ2v) is 6.04. The van der Waals surface area contributed by atoms with Gasteiger partial charge in [-0.1, -0.05) is 18.7 Å². The van der Waals surface area contributed by atoms with Crippen molar-refractivity contribution in [3.63, 3.8) is 0 Å². The minimum Gasteiger partial charge on any atom is -0.497 e. The van der Waals surface area contributed by atoms with Crippen LogP contribution in [0.1, 0.15) is 23.7 Å². The van der Waals surface area contributed by atoms with E-state index in [0.717, 1.165) is 5.75 Å². The van der Waals surface area contributed by atoms with Gasteiger partial charge in [-0.15, -0.1) is 5.10 Å². The molecule has 118 valence electrons. The lowest BCUT2D eigenvalue weighted by Crippen LogP contribution is -2.16. The number of hydrogen-bond acceptors (Lipinski definition) is 6. The first-order chi connectivity index (χ1) is 11.2. The summed E-state index contributed by atoms with van der Waals surface area (Å²) in [5.41, 5.74) is 0.659. The third-order valence-corrected chi connectivity index (χ3v) is 4.60. The van der Waals surface area contributed by atoms with Crippen molar-refractivity contribution in [3.8, 4) is 5.75 Å². The van der Waals surface area contributed by atoms with Gasteiger partial charge in [0, 0.05) is 18.0 Å². The van der Waals surface area contributed by atoms with Gasteiger partial charge in [-0.05, 0) is 36.8 Å². The molecular formula is C16H16N4O2S. The number of benzene rings is 1. The normalized spacial score (nSPS) is 12.3. The topological polar surface area (TPSA) is 69.4 Å². The van der Waals surface area contributed by atoms with Crippen LogP contribution in [0.3, 0.4) is 0 Å². The van der Waals surface area contributed by atoms with Gasteiger partial charge in [-0.2, -0.15) is 4.98 Å². The standard InChI is InChI=1S/C16H16N4O2S/c1-3-13(14(21)11-5-7-12(22-2)8-6-11)23-16-18-15-17-9-4-10-20(15)19-16/h4-10,13H,3H2,1-2H3/t13-/m1/s1. The Kier molecular flexibility index (Phi) is 4.57. The molecule has 0 aliphatic rings. The van der Waals surface area contributed by atoms with Crippen LogP contribution < -0.4 is 4.74 Å². The summed E-state index contributed by atoms with van der Waals surface area (Å²) in [6, 6.07) is 8.93. The zero-order valence-corrected chi connectivity index (χ0v) is 13.7. The van der Waals surface area contributed by atoms with Crippen molar-refractivity contribution < 1.29 is 9.53 Å². The summed E-state index contributed by atoms with van der Waals surface area (Å²) in [4.78, 5) is 21.1. The molecule has 0 saturated heterocycles. The van der Waals surface area contributed by atoms with Crippen LogP contribution >= 0.6 is 11.8 Å². The van der Waals surface area contributed by atoms with E-state index in [1.165, 1.54) is 11.8 Å². The molecule has 6 nitrogen and oxygen atoms in total. The Morgan fingerprint density at radius 3 is 2.78 bits per heavy atom. The molecule has 3 rings (SSSR count). The van der Waals surface area contributed by atoms with Crippen LogP contribution in [0.4, 0.5) is 0 Å². The zero-order valence-electron chi connectivity index (χ0n) is 12.8. The molecule has 0 saturated carbocycles. The van der Waals surface area contributed by atoms with Gasteiger partial charge in [0.05, 0.1) is 12.4 Å². The maximum Gasteiger partial charge on any atom is 0.253 e. The fourth-order valence-electron chi connectivity index (χ4n) is 2.15. The third-order valence-electron chi connectivity index (χ3n) is 3.38. The number of ketones is 1. The van der Waals surface area contributed by atoms with Crippen LogP contribution in [-0.4, -0.2) is 37.7 Å². The second kappa shape index (κ2) is 6.78. The molecule has 7 heteroatoms. The van der Waals surface area contributed by atoms with Gasteiger partial charge in [0.15, 0.2) is 5.78 Å². The van der Waals surface area contributed by atoms with E-state index in [1.54, 1.807) is 54.4 Å². The van der Waals surface area contributed by atoms with Crippen molar-refractivity contribution in [2.45, 2.75) is 23.8 Å². The molecule has 23 heavy (non-hydrogen) atoms. The van der Waals surface area contributed by atoms with Crippen molar-refractivity contribution in [1.29, 1.82) is 0 Å². The van der Waals surface area contributed by atoms with Gasteiger partial charge < -0.3 is 4.74 Å². The number of Topliss-reactive ketones (excluding diaryl/α,β-unsaturated/α-hetero) is 1. The van der Waals surface area contributed by atoms with Gasteiger partial charge in [-0.3, -0.25) is 4.79 Å². The predicted molar refractivity (Wildman–Crippen MR) is 88.0 cm³/mol. The molecule has 0 fully saturated rings. The van der Waals surface area contributed by atoms with Crippen molar-refractivity contribution in [2.75, 3.05) is 7.11 Å². The summed E-state index contributed by atoms with van der Waals surface area (Å²) in [6.45, 7) is 1.98. The smallest absolute Gasteiger partial charge is 0.253 e. The zero-order chi connectivity index (χ0) is 16.2. The Morgan fingerprint density at radius 1 is 1.35 bits per heavy atom. The second-order valence-electron chi connectivity index (χ2n) is 4.87. The Hall–Kier alpha value is -2.41. The Balaban J connectivity index is 1.79. The van der Waals surface area contributed by atoms with E-state index in [4.69, 9.17) is 4.74 Å². The van der Waals surface area contributed by atoms with E-state index in [9.17, 15) is 4.79 Å². The fraction of sp³-hybridized carbons (Fsp3) is 0.250. The van der Waals surface area contributed by atoms with Crippen molar-refractivity contribution >= 4 is 23.3 Å². The minimum absolute atomic E-state index is 0.0620. The quantitative estimate of drug-likeness (QED) is 0.512. The highest BCUT2D eigenvalue weighted by Gasteiger charge is 2.22. The lowest BCUT2D eigenvalue weighted by molar-refractivity contribution is 0.0988. The number of methoxy groups -OCH3 is 1. The maximum absolute atomic E-state index is 12.7. The number of thioether (sulfide) groups is 1. The lowest BCUT2D eigenvalue weighted by Gasteiger charge is -2.11. The molecular weight excluding hydrogens is 312 g/mol. The molecule has 2 heterocycles. The average molecular weight is 328 g/mol. The fourth-order valence-corrected chi connectivity index (χ4v) is 3.09. The minimum atomic E-state index is -0.235. The van der Waals surface area contributed by atoms with E-state index in [2.05, 4.69) is 15.1 Å². The number of nitrogens with zero attached hydrogens (tertiary/aromatic N) is 4. The van der Waals surface area contributed by atoms with E-state index < -0.39 is 0 Å². The molecule has 0 amide bonds. The first-order valence-electron chi connectivity index (χ1n) is 7.23. The number of rotatable bonds is 6. The number of aromatic nitrogens is 4. The van der Waals surface area contributed by atoms with Crippen LogP contribution in [-0.2, 0) is 0 Å². The predicted octanol–water partition coefficient (Wildman–Crippen LogP) is 2.89. The Bertz CT molecular complexity index is 783. The molecule has 1 aromatic carbocycles. The lowest BCUT2D eigenvalue weighted by atomic mass is 10.1. The number of fused-ring (bicyclic) bond motifs is 1. The highest BCUT2D eigenvalue weighted by molar-refractivity contribution is 8.00. The summed E-state index contributed by atoms with van der Waals surface area (Å²) < 4.78 is 6.72. The molecule has 0 bridgehead atoms. The number of carbonyl (C=O) groups is 1. The van der Waals surface area contributed by atoms with Crippen LogP contribution in [0.15, 0.2) is 47.9 Å². The van der Waals surface area contributed by atoms with Crippen LogP contribution in [0.5, 0.6) is 5.75 Å². The molecule has 0 aliphatic carbocycles. The average Bonchev–Trinajstić information content (AvgIpc) is 3.01. The SMILES string of the molecule is CC[C@@H](Sc1nc2ncccn2n1)C(=O)c1ccc(OC)cc1. The first-order valence-corrected chi connectivity index (χ1v) is 8.11. The summed E-state index contributed by atoms with van der Waals surface area (Å²) in [5.74, 6) is 1.32. The van der Waals surface area contributed by atoms with Gasteiger partial charge in [0.2, 0.25) is 5.16 Å². The molecule has 0 N–H and O–H groups in total. The molecule has 3 aromatic rings. The highest BCUT2D eigenvalue weighted by Crippen LogP contribution is 2.26. The van der Waals surface area contributed by atoms with E-state index >= 15 is 0 Å². The van der Waals surface area contributed by atoms with Gasteiger partial charge in [-0.25, -0.2) is 9.50 Å². The maximum atomic E-state index is 12.7. The summed E-state index contributed by atoms with van der Waals surface area (Å²) >= 11 is 1.36. The molecule has 0 radical (unpaired) electrons. The number of hydrogen-bond donors (Lipinski definition) is 0. The van der Waals surface area contributed by atoms with Crippen molar-refractivity contribution in [1.82, 2.24) is 19.6 Å². The van der Waals surface area contributed by atoms with Gasteiger partial charge >= 0.3 is 0 Å².